The molecule has 0 radical (unpaired) electrons. The standard InChI is InChI=1S/C22H21NO3/c1-2-23(19-9-5-7-17-6-3-4-8-18(17)19)22(24)15-16-10-11-20-21(14-16)26-13-12-25-20/h3-11,14H,2,12-13,15H2,1H3. The maximum absolute atomic E-state index is 13.0. The Balaban J connectivity index is 1.61. The number of hydrogen-bond donors (Lipinski definition) is 0. The molecule has 26 heavy (non-hydrogen) atoms. The zero-order valence-corrected chi connectivity index (χ0v) is 14.8. The Morgan fingerprint density at radius 2 is 1.73 bits per heavy atom. The molecule has 0 aliphatic carbocycles. The van der Waals surface area contributed by atoms with Gasteiger partial charge in [-0.05, 0) is 36.1 Å². The number of amides is 1. The second kappa shape index (κ2) is 7.08. The summed E-state index contributed by atoms with van der Waals surface area (Å²) < 4.78 is 11.2. The van der Waals surface area contributed by atoms with Crippen LogP contribution in [0.4, 0.5) is 5.69 Å². The molecule has 0 fully saturated rings. The molecule has 0 spiro atoms. The zero-order valence-electron chi connectivity index (χ0n) is 14.8. The summed E-state index contributed by atoms with van der Waals surface area (Å²) in [7, 11) is 0. The molecule has 1 amide bonds. The van der Waals surface area contributed by atoms with Crippen molar-refractivity contribution in [2.45, 2.75) is 13.3 Å². The third kappa shape index (κ3) is 3.10. The summed E-state index contributed by atoms with van der Waals surface area (Å²) in [5.74, 6) is 1.53. The molecule has 4 nitrogen and oxygen atoms in total. The molecule has 0 saturated heterocycles. The monoisotopic (exact) mass is 347 g/mol. The molecule has 1 aliphatic heterocycles. The van der Waals surface area contributed by atoms with Gasteiger partial charge in [-0.2, -0.15) is 0 Å². The maximum atomic E-state index is 13.0. The highest BCUT2D eigenvalue weighted by molar-refractivity contribution is 6.04. The minimum absolute atomic E-state index is 0.0699. The van der Waals surface area contributed by atoms with Crippen LogP contribution in [0.3, 0.4) is 0 Å². The van der Waals surface area contributed by atoms with E-state index in [1.807, 2.05) is 54.3 Å². The summed E-state index contributed by atoms with van der Waals surface area (Å²) in [5.41, 5.74) is 1.88. The van der Waals surface area contributed by atoms with Gasteiger partial charge < -0.3 is 14.4 Å². The summed E-state index contributed by atoms with van der Waals surface area (Å²) in [5, 5.41) is 2.22. The van der Waals surface area contributed by atoms with Gasteiger partial charge in [0.1, 0.15) is 13.2 Å². The van der Waals surface area contributed by atoms with Crippen molar-refractivity contribution in [2.75, 3.05) is 24.7 Å². The summed E-state index contributed by atoms with van der Waals surface area (Å²) >= 11 is 0. The number of benzene rings is 3. The van der Waals surface area contributed by atoms with Crippen molar-refractivity contribution >= 4 is 22.4 Å². The highest BCUT2D eigenvalue weighted by Gasteiger charge is 2.18. The Hall–Kier alpha value is -3.01. The fourth-order valence-corrected chi connectivity index (χ4v) is 3.39. The fourth-order valence-electron chi connectivity index (χ4n) is 3.39. The van der Waals surface area contributed by atoms with E-state index in [0.717, 1.165) is 33.5 Å². The lowest BCUT2D eigenvalue weighted by Crippen LogP contribution is -2.32. The number of carbonyl (C=O) groups excluding carboxylic acids is 1. The van der Waals surface area contributed by atoms with E-state index >= 15 is 0 Å². The lowest BCUT2D eigenvalue weighted by atomic mass is 10.1. The molecule has 132 valence electrons. The average molecular weight is 347 g/mol. The first kappa shape index (κ1) is 16.5. The van der Waals surface area contributed by atoms with Crippen molar-refractivity contribution < 1.29 is 14.3 Å². The van der Waals surface area contributed by atoms with Crippen molar-refractivity contribution in [1.82, 2.24) is 0 Å². The molecule has 0 aromatic heterocycles. The minimum Gasteiger partial charge on any atom is -0.486 e. The van der Waals surface area contributed by atoms with Crippen molar-refractivity contribution in [3.8, 4) is 11.5 Å². The van der Waals surface area contributed by atoms with Crippen molar-refractivity contribution in [3.05, 3.63) is 66.2 Å². The third-order valence-electron chi connectivity index (χ3n) is 4.64. The largest absolute Gasteiger partial charge is 0.486 e. The number of ether oxygens (including phenoxy) is 2. The lowest BCUT2D eigenvalue weighted by molar-refractivity contribution is -0.117. The third-order valence-corrected chi connectivity index (χ3v) is 4.64. The lowest BCUT2D eigenvalue weighted by Gasteiger charge is -2.23. The van der Waals surface area contributed by atoms with Gasteiger partial charge in [0, 0.05) is 11.9 Å². The number of hydrogen-bond acceptors (Lipinski definition) is 3. The molecule has 1 aliphatic rings. The van der Waals surface area contributed by atoms with E-state index in [2.05, 4.69) is 18.2 Å². The molecule has 3 aromatic carbocycles. The predicted octanol–water partition coefficient (Wildman–Crippen LogP) is 4.21. The summed E-state index contributed by atoms with van der Waals surface area (Å²) in [4.78, 5) is 14.9. The molecule has 1 heterocycles. The van der Waals surface area contributed by atoms with Crippen LogP contribution < -0.4 is 14.4 Å². The smallest absolute Gasteiger partial charge is 0.231 e. The van der Waals surface area contributed by atoms with Gasteiger partial charge in [-0.1, -0.05) is 42.5 Å². The summed E-state index contributed by atoms with van der Waals surface area (Å²) in [6.07, 6.45) is 0.327. The predicted molar refractivity (Wildman–Crippen MR) is 103 cm³/mol. The Kier molecular flexibility index (Phi) is 4.48. The quantitative estimate of drug-likeness (QED) is 0.710. The van der Waals surface area contributed by atoms with Crippen molar-refractivity contribution in [3.63, 3.8) is 0 Å². The Morgan fingerprint density at radius 1 is 0.962 bits per heavy atom. The van der Waals surface area contributed by atoms with Crippen LogP contribution >= 0.6 is 0 Å². The number of carbonyl (C=O) groups is 1. The first-order valence-corrected chi connectivity index (χ1v) is 8.93. The number of nitrogens with zero attached hydrogens (tertiary/aromatic N) is 1. The molecular formula is C22H21NO3. The van der Waals surface area contributed by atoms with Gasteiger partial charge in [-0.15, -0.1) is 0 Å². The van der Waals surface area contributed by atoms with Crippen LogP contribution in [0, 0.1) is 0 Å². The zero-order chi connectivity index (χ0) is 17.9. The second-order valence-electron chi connectivity index (χ2n) is 6.29. The number of anilines is 1. The van der Waals surface area contributed by atoms with Crippen LogP contribution in [0.2, 0.25) is 0 Å². The molecule has 0 N–H and O–H groups in total. The van der Waals surface area contributed by atoms with E-state index in [9.17, 15) is 4.79 Å². The fraction of sp³-hybridized carbons (Fsp3) is 0.227. The van der Waals surface area contributed by atoms with E-state index in [0.29, 0.717) is 26.2 Å². The topological polar surface area (TPSA) is 38.8 Å². The second-order valence-corrected chi connectivity index (χ2v) is 6.29. The first-order valence-electron chi connectivity index (χ1n) is 8.93. The van der Waals surface area contributed by atoms with E-state index in [4.69, 9.17) is 9.47 Å². The summed E-state index contributed by atoms with van der Waals surface area (Å²) in [6, 6.07) is 19.9. The van der Waals surface area contributed by atoms with Gasteiger partial charge in [-0.25, -0.2) is 0 Å². The van der Waals surface area contributed by atoms with E-state index < -0.39 is 0 Å². The van der Waals surface area contributed by atoms with E-state index in [-0.39, 0.29) is 5.91 Å². The SMILES string of the molecule is CCN(C(=O)Cc1ccc2c(c1)OCCO2)c1cccc2ccccc12. The highest BCUT2D eigenvalue weighted by Crippen LogP contribution is 2.32. The van der Waals surface area contributed by atoms with Gasteiger partial charge in [0.2, 0.25) is 5.91 Å². The van der Waals surface area contributed by atoms with Gasteiger partial charge in [0.15, 0.2) is 11.5 Å². The molecule has 0 saturated carbocycles. The molecule has 4 heteroatoms. The Morgan fingerprint density at radius 3 is 2.58 bits per heavy atom. The van der Waals surface area contributed by atoms with Crippen LogP contribution in [0.5, 0.6) is 11.5 Å². The Bertz CT molecular complexity index is 946. The van der Waals surface area contributed by atoms with E-state index in [1.54, 1.807) is 0 Å². The number of fused-ring (bicyclic) bond motifs is 2. The van der Waals surface area contributed by atoms with Gasteiger partial charge in [-0.3, -0.25) is 4.79 Å². The van der Waals surface area contributed by atoms with Crippen LogP contribution in [0.15, 0.2) is 60.7 Å². The Labute approximate surface area is 153 Å². The van der Waals surface area contributed by atoms with Gasteiger partial charge >= 0.3 is 0 Å². The van der Waals surface area contributed by atoms with Crippen LogP contribution in [0.1, 0.15) is 12.5 Å². The van der Waals surface area contributed by atoms with Gasteiger partial charge in [0.05, 0.1) is 12.1 Å². The minimum atomic E-state index is 0.0699. The number of rotatable bonds is 4. The molecular weight excluding hydrogens is 326 g/mol. The first-order chi connectivity index (χ1) is 12.8. The van der Waals surface area contributed by atoms with Crippen molar-refractivity contribution in [1.29, 1.82) is 0 Å². The molecule has 4 rings (SSSR count). The molecule has 0 atom stereocenters. The highest BCUT2D eigenvalue weighted by atomic mass is 16.6. The van der Waals surface area contributed by atoms with Crippen LogP contribution in [-0.2, 0) is 11.2 Å². The molecule has 0 unspecified atom stereocenters. The average Bonchev–Trinajstić information content (AvgIpc) is 2.68. The van der Waals surface area contributed by atoms with Gasteiger partial charge in [0.25, 0.3) is 0 Å². The van der Waals surface area contributed by atoms with Crippen LogP contribution in [-0.4, -0.2) is 25.7 Å². The van der Waals surface area contributed by atoms with Crippen molar-refractivity contribution in [2.24, 2.45) is 0 Å². The number of likely N-dealkylation sites (N-methyl/N-ethyl adjacent to an activating group) is 1. The summed E-state index contributed by atoms with van der Waals surface area (Å²) in [6.45, 7) is 3.73. The van der Waals surface area contributed by atoms with E-state index in [1.165, 1.54) is 0 Å². The van der Waals surface area contributed by atoms with Crippen LogP contribution in [0.25, 0.3) is 10.8 Å². The maximum Gasteiger partial charge on any atom is 0.231 e. The molecule has 3 aromatic rings. The normalized spacial score (nSPS) is 12.8. The molecule has 0 bridgehead atoms.